The second-order valence-electron chi connectivity index (χ2n) is 5.90. The number of amides is 1. The first-order valence-electron chi connectivity index (χ1n) is 7.21. The summed E-state index contributed by atoms with van der Waals surface area (Å²) in [5, 5.41) is 6.43. The minimum atomic E-state index is -0.0438. The van der Waals surface area contributed by atoms with Crippen molar-refractivity contribution in [2.45, 2.75) is 45.6 Å². The van der Waals surface area contributed by atoms with Crippen LogP contribution in [0.5, 0.6) is 0 Å². The van der Waals surface area contributed by atoms with Crippen molar-refractivity contribution in [1.82, 2.24) is 5.32 Å². The quantitative estimate of drug-likeness (QED) is 0.854. The molecule has 1 aromatic rings. The van der Waals surface area contributed by atoms with Crippen LogP contribution in [-0.4, -0.2) is 18.5 Å². The summed E-state index contributed by atoms with van der Waals surface area (Å²) in [6.07, 6.45) is 2.20. The highest BCUT2D eigenvalue weighted by atomic mass is 16.2. The number of fused-ring (bicyclic) bond motifs is 1. The molecule has 0 aromatic heterocycles. The highest BCUT2D eigenvalue weighted by Gasteiger charge is 2.28. The van der Waals surface area contributed by atoms with Crippen LogP contribution in [0.15, 0.2) is 24.3 Å². The molecule has 1 heterocycles. The molecule has 0 radical (unpaired) electrons. The van der Waals surface area contributed by atoms with Crippen molar-refractivity contribution in [3.63, 3.8) is 0 Å². The van der Waals surface area contributed by atoms with E-state index in [1.54, 1.807) is 0 Å². The smallest absolute Gasteiger partial charge is 0.229 e. The van der Waals surface area contributed by atoms with E-state index >= 15 is 0 Å². The lowest BCUT2D eigenvalue weighted by atomic mass is 9.99. The first kappa shape index (κ1) is 13.9. The lowest BCUT2D eigenvalue weighted by Gasteiger charge is -2.18. The maximum atomic E-state index is 12.3. The lowest BCUT2D eigenvalue weighted by molar-refractivity contribution is -0.122. The molecule has 2 unspecified atom stereocenters. The molecule has 2 atom stereocenters. The van der Waals surface area contributed by atoms with E-state index in [4.69, 9.17) is 0 Å². The molecule has 0 spiro atoms. The fourth-order valence-corrected chi connectivity index (χ4v) is 2.52. The third-order valence-corrected chi connectivity index (χ3v) is 3.72. The van der Waals surface area contributed by atoms with Crippen LogP contribution in [0, 0.1) is 5.92 Å². The van der Waals surface area contributed by atoms with Crippen molar-refractivity contribution >= 4 is 11.6 Å². The molecule has 0 bridgehead atoms. The van der Waals surface area contributed by atoms with Gasteiger partial charge in [-0.25, -0.2) is 0 Å². The van der Waals surface area contributed by atoms with Crippen LogP contribution in [0.3, 0.4) is 0 Å². The fraction of sp³-hybridized carbons (Fsp3) is 0.562. The first-order chi connectivity index (χ1) is 9.08. The van der Waals surface area contributed by atoms with E-state index < -0.39 is 0 Å². The normalized spacial score (nSPS) is 18.8. The molecule has 1 aromatic carbocycles. The van der Waals surface area contributed by atoms with Crippen LogP contribution in [0.4, 0.5) is 5.69 Å². The zero-order chi connectivity index (χ0) is 13.8. The number of rotatable bonds is 5. The van der Waals surface area contributed by atoms with Crippen molar-refractivity contribution in [2.75, 3.05) is 11.9 Å². The van der Waals surface area contributed by atoms with Gasteiger partial charge in [0.1, 0.15) is 0 Å². The zero-order valence-corrected chi connectivity index (χ0v) is 12.1. The van der Waals surface area contributed by atoms with Crippen molar-refractivity contribution in [3.05, 3.63) is 29.8 Å². The molecule has 2 rings (SSSR count). The Hall–Kier alpha value is -1.51. The molecule has 3 nitrogen and oxygen atoms in total. The number of nitrogens with one attached hydrogen (secondary N) is 2. The predicted molar refractivity (Wildman–Crippen MR) is 79.3 cm³/mol. The highest BCUT2D eigenvalue weighted by Crippen LogP contribution is 2.31. The second-order valence-corrected chi connectivity index (χ2v) is 5.90. The van der Waals surface area contributed by atoms with Gasteiger partial charge in [-0.05, 0) is 37.3 Å². The van der Waals surface area contributed by atoms with E-state index in [-0.39, 0.29) is 17.9 Å². The van der Waals surface area contributed by atoms with Crippen molar-refractivity contribution in [1.29, 1.82) is 0 Å². The molecule has 0 fully saturated rings. The minimum absolute atomic E-state index is 0.0438. The summed E-state index contributed by atoms with van der Waals surface area (Å²) >= 11 is 0. The third-order valence-electron chi connectivity index (χ3n) is 3.72. The topological polar surface area (TPSA) is 41.1 Å². The maximum absolute atomic E-state index is 12.3. The summed E-state index contributed by atoms with van der Waals surface area (Å²) in [6.45, 7) is 7.23. The second kappa shape index (κ2) is 6.09. The molecule has 1 aliphatic heterocycles. The molecule has 1 aliphatic rings. The molecule has 0 aliphatic carbocycles. The van der Waals surface area contributed by atoms with Gasteiger partial charge in [-0.15, -0.1) is 0 Å². The lowest BCUT2D eigenvalue weighted by Crippen LogP contribution is -2.37. The van der Waals surface area contributed by atoms with Crippen LogP contribution >= 0.6 is 0 Å². The van der Waals surface area contributed by atoms with Gasteiger partial charge in [-0.1, -0.05) is 32.0 Å². The number of benzene rings is 1. The standard InChI is InChI=1S/C16H24N2O/c1-11(2)8-9-12(3)18-16(19)14-10-17-15-7-5-4-6-13(14)15/h4-7,11-12,14,17H,8-10H2,1-3H3,(H,18,19). The summed E-state index contributed by atoms with van der Waals surface area (Å²) in [4.78, 5) is 12.3. The van der Waals surface area contributed by atoms with E-state index in [0.29, 0.717) is 12.5 Å². The van der Waals surface area contributed by atoms with E-state index in [1.165, 1.54) is 0 Å². The van der Waals surface area contributed by atoms with Gasteiger partial charge < -0.3 is 10.6 Å². The molecular formula is C16H24N2O. The van der Waals surface area contributed by atoms with E-state index in [2.05, 4.69) is 31.4 Å². The van der Waals surface area contributed by atoms with Crippen LogP contribution < -0.4 is 10.6 Å². The van der Waals surface area contributed by atoms with Gasteiger partial charge in [-0.2, -0.15) is 0 Å². The Labute approximate surface area is 115 Å². The maximum Gasteiger partial charge on any atom is 0.229 e. The van der Waals surface area contributed by atoms with Gasteiger partial charge in [-0.3, -0.25) is 4.79 Å². The highest BCUT2D eigenvalue weighted by molar-refractivity contribution is 5.88. The molecule has 0 saturated heterocycles. The molecule has 19 heavy (non-hydrogen) atoms. The van der Waals surface area contributed by atoms with Gasteiger partial charge in [0.15, 0.2) is 0 Å². The Balaban J connectivity index is 1.91. The first-order valence-corrected chi connectivity index (χ1v) is 7.21. The number of carbonyl (C=O) groups is 1. The monoisotopic (exact) mass is 260 g/mol. The Bertz CT molecular complexity index is 442. The van der Waals surface area contributed by atoms with Gasteiger partial charge in [0, 0.05) is 18.3 Å². The Morgan fingerprint density at radius 3 is 2.79 bits per heavy atom. The van der Waals surface area contributed by atoms with Gasteiger partial charge in [0.2, 0.25) is 5.91 Å². The van der Waals surface area contributed by atoms with Crippen molar-refractivity contribution in [2.24, 2.45) is 5.92 Å². The minimum Gasteiger partial charge on any atom is -0.384 e. The van der Waals surface area contributed by atoms with E-state index in [1.807, 2.05) is 24.3 Å². The number of para-hydroxylation sites is 1. The Morgan fingerprint density at radius 1 is 1.32 bits per heavy atom. The zero-order valence-electron chi connectivity index (χ0n) is 12.1. The average molecular weight is 260 g/mol. The molecule has 3 heteroatoms. The molecule has 0 saturated carbocycles. The molecular weight excluding hydrogens is 236 g/mol. The summed E-state index contributed by atoms with van der Waals surface area (Å²) in [7, 11) is 0. The summed E-state index contributed by atoms with van der Waals surface area (Å²) in [6, 6.07) is 8.32. The molecule has 104 valence electrons. The Kier molecular flexibility index (Phi) is 4.46. The van der Waals surface area contributed by atoms with Crippen molar-refractivity contribution < 1.29 is 4.79 Å². The summed E-state index contributed by atoms with van der Waals surface area (Å²) < 4.78 is 0. The van der Waals surface area contributed by atoms with E-state index in [9.17, 15) is 4.79 Å². The fourth-order valence-electron chi connectivity index (χ4n) is 2.52. The summed E-state index contributed by atoms with van der Waals surface area (Å²) in [5.41, 5.74) is 2.22. The van der Waals surface area contributed by atoms with Gasteiger partial charge in [0.25, 0.3) is 0 Å². The van der Waals surface area contributed by atoms with Gasteiger partial charge in [0.05, 0.1) is 5.92 Å². The van der Waals surface area contributed by atoms with Crippen molar-refractivity contribution in [3.8, 4) is 0 Å². The molecule has 2 N–H and O–H groups in total. The summed E-state index contributed by atoms with van der Waals surface area (Å²) in [5.74, 6) is 0.791. The molecule has 1 amide bonds. The van der Waals surface area contributed by atoms with E-state index in [0.717, 1.165) is 24.1 Å². The van der Waals surface area contributed by atoms with Crippen LogP contribution in [0.1, 0.15) is 45.1 Å². The number of hydrogen-bond donors (Lipinski definition) is 2. The van der Waals surface area contributed by atoms with Crippen LogP contribution in [0.25, 0.3) is 0 Å². The SMILES string of the molecule is CC(C)CCC(C)NC(=O)C1CNc2ccccc21. The van der Waals surface area contributed by atoms with Crippen LogP contribution in [0.2, 0.25) is 0 Å². The predicted octanol–water partition coefficient (Wildman–Crippen LogP) is 3.14. The van der Waals surface area contributed by atoms with Gasteiger partial charge >= 0.3 is 0 Å². The number of anilines is 1. The Morgan fingerprint density at radius 2 is 2.05 bits per heavy atom. The number of carbonyl (C=O) groups excluding carboxylic acids is 1. The van der Waals surface area contributed by atoms with Crippen LogP contribution in [-0.2, 0) is 4.79 Å². The third kappa shape index (κ3) is 3.49. The number of hydrogen-bond acceptors (Lipinski definition) is 2. The average Bonchev–Trinajstić information content (AvgIpc) is 2.80. The largest absolute Gasteiger partial charge is 0.384 e.